The molecule has 6 nitrogen and oxygen atoms in total. The van der Waals surface area contributed by atoms with Crippen molar-refractivity contribution in [2.45, 2.75) is 31.7 Å². The Bertz CT molecular complexity index is 647. The van der Waals surface area contributed by atoms with Gasteiger partial charge in [-0.25, -0.2) is 4.79 Å². The third kappa shape index (κ3) is 5.96. The zero-order valence-electron chi connectivity index (χ0n) is 18.6. The van der Waals surface area contributed by atoms with Gasteiger partial charge in [0.25, 0.3) is 0 Å². The molecule has 2 amide bonds. The number of carbonyl (C=O) groups excluding carboxylic acids is 1. The molecule has 3 heterocycles. The molecule has 6 heteroatoms. The third-order valence-corrected chi connectivity index (χ3v) is 7.15. The minimum atomic E-state index is 0.0458. The first-order valence-corrected chi connectivity index (χ1v) is 11.9. The predicted octanol–water partition coefficient (Wildman–Crippen LogP) is 2.49. The van der Waals surface area contributed by atoms with Crippen LogP contribution < -0.4 is 5.32 Å². The van der Waals surface area contributed by atoms with E-state index in [1.54, 1.807) is 0 Å². The lowest BCUT2D eigenvalue weighted by Crippen LogP contribution is -2.50. The number of carbonyl (C=O) groups is 1. The van der Waals surface area contributed by atoms with Crippen LogP contribution in [0.1, 0.15) is 37.3 Å². The number of piperazine rings is 1. The van der Waals surface area contributed by atoms with Crippen LogP contribution in [-0.2, 0) is 0 Å². The van der Waals surface area contributed by atoms with Crippen molar-refractivity contribution in [3.63, 3.8) is 0 Å². The molecule has 0 saturated carbocycles. The minimum absolute atomic E-state index is 0.0458. The highest BCUT2D eigenvalue weighted by atomic mass is 16.2. The van der Waals surface area contributed by atoms with Crippen LogP contribution in [0.3, 0.4) is 0 Å². The fraction of sp³-hybridized carbons (Fsp3) is 0.708. The Morgan fingerprint density at radius 2 is 1.60 bits per heavy atom. The highest BCUT2D eigenvalue weighted by Gasteiger charge is 2.27. The lowest BCUT2D eigenvalue weighted by Gasteiger charge is -2.37. The Balaban J connectivity index is 1.30. The van der Waals surface area contributed by atoms with Gasteiger partial charge in [0.2, 0.25) is 0 Å². The van der Waals surface area contributed by atoms with Crippen molar-refractivity contribution >= 4 is 6.03 Å². The predicted molar refractivity (Wildman–Crippen MR) is 122 cm³/mol. The second-order valence-electron chi connectivity index (χ2n) is 9.45. The SMILES string of the molecule is CN1CCN(CC(NC(=O)N2CCC(CN3CCCC3)CC2)c2ccccc2)CC1. The molecule has 3 aliphatic rings. The summed E-state index contributed by atoms with van der Waals surface area (Å²) < 4.78 is 0. The van der Waals surface area contributed by atoms with Crippen LogP contribution in [0, 0.1) is 5.92 Å². The van der Waals surface area contributed by atoms with Gasteiger partial charge in [-0.1, -0.05) is 30.3 Å². The number of nitrogens with one attached hydrogen (secondary N) is 1. The summed E-state index contributed by atoms with van der Waals surface area (Å²) in [6.07, 6.45) is 4.99. The zero-order valence-corrected chi connectivity index (χ0v) is 18.6. The lowest BCUT2D eigenvalue weighted by molar-refractivity contribution is 0.132. The van der Waals surface area contributed by atoms with Gasteiger partial charge >= 0.3 is 6.03 Å². The van der Waals surface area contributed by atoms with Crippen molar-refractivity contribution in [1.82, 2.24) is 24.9 Å². The van der Waals surface area contributed by atoms with E-state index in [1.165, 1.54) is 38.0 Å². The van der Waals surface area contributed by atoms with Crippen molar-refractivity contribution in [2.75, 3.05) is 72.5 Å². The largest absolute Gasteiger partial charge is 0.330 e. The summed E-state index contributed by atoms with van der Waals surface area (Å²) in [6.45, 7) is 10.8. The second-order valence-corrected chi connectivity index (χ2v) is 9.45. The topological polar surface area (TPSA) is 42.1 Å². The number of hydrogen-bond acceptors (Lipinski definition) is 4. The van der Waals surface area contributed by atoms with Crippen LogP contribution in [-0.4, -0.2) is 98.1 Å². The molecule has 1 N–H and O–H groups in total. The van der Waals surface area contributed by atoms with E-state index < -0.39 is 0 Å². The number of benzene rings is 1. The fourth-order valence-corrected chi connectivity index (χ4v) is 5.10. The molecule has 0 aromatic heterocycles. The van der Waals surface area contributed by atoms with Gasteiger partial charge in [-0.3, -0.25) is 4.90 Å². The molecule has 0 radical (unpaired) electrons. The number of likely N-dealkylation sites (tertiary alicyclic amines) is 2. The number of amides is 2. The Labute approximate surface area is 182 Å². The Morgan fingerprint density at radius 1 is 0.933 bits per heavy atom. The smallest absolute Gasteiger partial charge is 0.317 e. The molecule has 1 atom stereocenters. The normalized spacial score (nSPS) is 23.6. The van der Waals surface area contributed by atoms with Gasteiger partial charge in [-0.15, -0.1) is 0 Å². The summed E-state index contributed by atoms with van der Waals surface area (Å²) in [7, 11) is 2.18. The van der Waals surface area contributed by atoms with Crippen molar-refractivity contribution in [2.24, 2.45) is 5.92 Å². The Morgan fingerprint density at radius 3 is 2.27 bits per heavy atom. The van der Waals surface area contributed by atoms with Gasteiger partial charge in [0.05, 0.1) is 6.04 Å². The molecule has 1 unspecified atom stereocenters. The zero-order chi connectivity index (χ0) is 20.8. The van der Waals surface area contributed by atoms with Crippen LogP contribution in [0.5, 0.6) is 0 Å². The third-order valence-electron chi connectivity index (χ3n) is 7.15. The average molecular weight is 414 g/mol. The number of hydrogen-bond donors (Lipinski definition) is 1. The number of nitrogens with zero attached hydrogens (tertiary/aromatic N) is 4. The number of piperidine rings is 1. The molecule has 3 fully saturated rings. The summed E-state index contributed by atoms with van der Waals surface area (Å²) in [5, 5.41) is 3.37. The van der Waals surface area contributed by atoms with Gasteiger partial charge in [-0.05, 0) is 57.3 Å². The number of likely N-dealkylation sites (N-methyl/N-ethyl adjacent to an activating group) is 1. The molecule has 3 aliphatic heterocycles. The van der Waals surface area contributed by atoms with Crippen LogP contribution in [0.4, 0.5) is 4.79 Å². The van der Waals surface area contributed by atoms with E-state index in [2.05, 4.69) is 51.3 Å². The maximum atomic E-state index is 13.1. The molecule has 1 aromatic rings. The highest BCUT2D eigenvalue weighted by molar-refractivity contribution is 5.74. The van der Waals surface area contributed by atoms with E-state index in [9.17, 15) is 4.79 Å². The second kappa shape index (κ2) is 10.6. The standard InChI is InChI=1S/C24H39N5O/c1-26-15-17-28(18-16-26)20-23(22-7-3-2-4-8-22)25-24(30)29-13-9-21(10-14-29)19-27-11-5-6-12-27/h2-4,7-8,21,23H,5-6,9-20H2,1H3,(H,25,30). The van der Waals surface area contributed by atoms with Gasteiger partial charge in [-0.2, -0.15) is 0 Å². The van der Waals surface area contributed by atoms with E-state index in [0.717, 1.165) is 64.6 Å². The molecular formula is C24H39N5O. The van der Waals surface area contributed by atoms with Gasteiger partial charge in [0, 0.05) is 52.4 Å². The first-order valence-electron chi connectivity index (χ1n) is 11.9. The molecule has 1 aromatic carbocycles. The van der Waals surface area contributed by atoms with E-state index in [0.29, 0.717) is 0 Å². The van der Waals surface area contributed by atoms with Crippen LogP contribution in [0.25, 0.3) is 0 Å². The Hall–Kier alpha value is -1.63. The first kappa shape index (κ1) is 21.6. The lowest BCUT2D eigenvalue weighted by atomic mass is 9.96. The molecule has 30 heavy (non-hydrogen) atoms. The molecular weight excluding hydrogens is 374 g/mol. The van der Waals surface area contributed by atoms with Crippen LogP contribution in [0.2, 0.25) is 0 Å². The van der Waals surface area contributed by atoms with Gasteiger partial charge in [0.15, 0.2) is 0 Å². The fourth-order valence-electron chi connectivity index (χ4n) is 5.10. The number of urea groups is 1. The van der Waals surface area contributed by atoms with Crippen LogP contribution >= 0.6 is 0 Å². The molecule has 0 aliphatic carbocycles. The highest BCUT2D eigenvalue weighted by Crippen LogP contribution is 2.22. The average Bonchev–Trinajstić information content (AvgIpc) is 3.29. The van der Waals surface area contributed by atoms with E-state index in [-0.39, 0.29) is 12.1 Å². The number of rotatable bonds is 6. The van der Waals surface area contributed by atoms with E-state index in [1.807, 2.05) is 11.0 Å². The molecule has 166 valence electrons. The summed E-state index contributed by atoms with van der Waals surface area (Å²) in [6, 6.07) is 10.6. The minimum Gasteiger partial charge on any atom is -0.330 e. The molecule has 0 spiro atoms. The summed E-state index contributed by atoms with van der Waals surface area (Å²) >= 11 is 0. The summed E-state index contributed by atoms with van der Waals surface area (Å²) in [5.74, 6) is 0.752. The monoisotopic (exact) mass is 413 g/mol. The van der Waals surface area contributed by atoms with Crippen molar-refractivity contribution in [3.05, 3.63) is 35.9 Å². The Kier molecular flexibility index (Phi) is 7.63. The van der Waals surface area contributed by atoms with Crippen molar-refractivity contribution in [1.29, 1.82) is 0 Å². The van der Waals surface area contributed by atoms with Crippen molar-refractivity contribution in [3.8, 4) is 0 Å². The van der Waals surface area contributed by atoms with E-state index in [4.69, 9.17) is 0 Å². The van der Waals surface area contributed by atoms with E-state index >= 15 is 0 Å². The van der Waals surface area contributed by atoms with Gasteiger partial charge in [0.1, 0.15) is 0 Å². The molecule has 4 rings (SSSR count). The maximum Gasteiger partial charge on any atom is 0.317 e. The van der Waals surface area contributed by atoms with Crippen LogP contribution in [0.15, 0.2) is 30.3 Å². The van der Waals surface area contributed by atoms with Crippen molar-refractivity contribution < 1.29 is 4.79 Å². The summed E-state index contributed by atoms with van der Waals surface area (Å²) in [5.41, 5.74) is 1.20. The first-order chi connectivity index (χ1) is 14.7. The maximum absolute atomic E-state index is 13.1. The molecule has 0 bridgehead atoms. The summed E-state index contributed by atoms with van der Waals surface area (Å²) in [4.78, 5) is 22.6. The molecule has 3 saturated heterocycles. The quantitative estimate of drug-likeness (QED) is 0.778. The van der Waals surface area contributed by atoms with Gasteiger partial charge < -0.3 is 20.0 Å².